The molecule has 0 radical (unpaired) electrons. The molecule has 2 aromatic rings. The lowest BCUT2D eigenvalue weighted by Gasteiger charge is -2.05. The summed E-state index contributed by atoms with van der Waals surface area (Å²) in [6.07, 6.45) is -2.91. The third kappa shape index (κ3) is 2.81. The first kappa shape index (κ1) is 14.1. The number of nitrogens with zero attached hydrogens (tertiary/aromatic N) is 4. The van der Waals surface area contributed by atoms with E-state index < -0.39 is 23.8 Å². The largest absolute Gasteiger partial charge is 0.461 e. The van der Waals surface area contributed by atoms with Gasteiger partial charge in [-0.3, -0.25) is 0 Å². The highest BCUT2D eigenvalue weighted by Crippen LogP contribution is 2.23. The Kier molecular flexibility index (Phi) is 4.06. The second-order valence-corrected chi connectivity index (χ2v) is 3.94. The van der Waals surface area contributed by atoms with Crippen molar-refractivity contribution in [3.05, 3.63) is 28.9 Å². The van der Waals surface area contributed by atoms with E-state index in [-0.39, 0.29) is 13.2 Å². The molecule has 9 heteroatoms. The summed E-state index contributed by atoms with van der Waals surface area (Å²) in [4.78, 5) is 11.5. The highest BCUT2D eigenvalue weighted by atomic mass is 19.3. The van der Waals surface area contributed by atoms with Gasteiger partial charge in [0.2, 0.25) is 0 Å². The molecular weight excluding hydrogens is 274 g/mol. The molecule has 108 valence electrons. The van der Waals surface area contributed by atoms with Gasteiger partial charge in [-0.05, 0) is 13.8 Å². The second kappa shape index (κ2) is 5.76. The van der Waals surface area contributed by atoms with E-state index in [1.54, 1.807) is 19.9 Å². The van der Waals surface area contributed by atoms with Gasteiger partial charge in [0.05, 0.1) is 12.3 Å². The molecule has 2 heterocycles. The van der Waals surface area contributed by atoms with Crippen LogP contribution in [0.25, 0.3) is 0 Å². The van der Waals surface area contributed by atoms with Crippen LogP contribution >= 0.6 is 0 Å². The van der Waals surface area contributed by atoms with E-state index in [4.69, 9.17) is 4.52 Å². The SMILES string of the molecule is CCOC(=O)c1nnn(Cc2cc(C)no2)c1C(F)F. The van der Waals surface area contributed by atoms with Gasteiger partial charge in [-0.1, -0.05) is 10.4 Å². The predicted octanol–water partition coefficient (Wildman–Crippen LogP) is 1.74. The maximum absolute atomic E-state index is 13.1. The fraction of sp³-hybridized carbons (Fsp3) is 0.455. The van der Waals surface area contributed by atoms with Gasteiger partial charge >= 0.3 is 5.97 Å². The van der Waals surface area contributed by atoms with Crippen LogP contribution in [0, 0.1) is 6.92 Å². The molecule has 0 saturated heterocycles. The summed E-state index contributed by atoms with van der Waals surface area (Å²) in [5.74, 6) is -0.590. The smallest absolute Gasteiger partial charge is 0.361 e. The first-order valence-electron chi connectivity index (χ1n) is 5.83. The van der Waals surface area contributed by atoms with Crippen LogP contribution in [0.15, 0.2) is 10.6 Å². The first-order chi connectivity index (χ1) is 9.52. The topological polar surface area (TPSA) is 83.0 Å². The molecule has 0 unspecified atom stereocenters. The van der Waals surface area contributed by atoms with Crippen LogP contribution in [0.2, 0.25) is 0 Å². The van der Waals surface area contributed by atoms with Crippen molar-refractivity contribution < 1.29 is 22.8 Å². The number of hydrogen-bond donors (Lipinski definition) is 0. The fourth-order valence-electron chi connectivity index (χ4n) is 1.64. The van der Waals surface area contributed by atoms with Crippen molar-refractivity contribution in [1.29, 1.82) is 0 Å². The van der Waals surface area contributed by atoms with Crippen LogP contribution in [0.1, 0.15) is 41.0 Å². The lowest BCUT2D eigenvalue weighted by Crippen LogP contribution is -2.12. The third-order valence-electron chi connectivity index (χ3n) is 2.43. The van der Waals surface area contributed by atoms with Crippen LogP contribution in [-0.2, 0) is 11.3 Å². The third-order valence-corrected chi connectivity index (χ3v) is 2.43. The lowest BCUT2D eigenvalue weighted by atomic mass is 10.3. The number of carbonyl (C=O) groups excluding carboxylic acids is 1. The monoisotopic (exact) mass is 286 g/mol. The number of carbonyl (C=O) groups is 1. The molecule has 7 nitrogen and oxygen atoms in total. The van der Waals surface area contributed by atoms with Crippen LogP contribution in [0.3, 0.4) is 0 Å². The van der Waals surface area contributed by atoms with Crippen molar-refractivity contribution in [2.45, 2.75) is 26.8 Å². The molecule has 0 amide bonds. The zero-order chi connectivity index (χ0) is 14.7. The van der Waals surface area contributed by atoms with Crippen molar-refractivity contribution >= 4 is 5.97 Å². The molecule has 0 saturated carbocycles. The van der Waals surface area contributed by atoms with Crippen LogP contribution in [-0.4, -0.2) is 32.7 Å². The van der Waals surface area contributed by atoms with Gasteiger partial charge in [-0.2, -0.15) is 0 Å². The van der Waals surface area contributed by atoms with Crippen LogP contribution in [0.4, 0.5) is 8.78 Å². The number of hydrogen-bond acceptors (Lipinski definition) is 6. The van der Waals surface area contributed by atoms with E-state index in [0.717, 1.165) is 4.68 Å². The minimum absolute atomic E-state index is 0.0651. The summed E-state index contributed by atoms with van der Waals surface area (Å²) in [7, 11) is 0. The van der Waals surface area contributed by atoms with E-state index in [1.165, 1.54) is 0 Å². The average Bonchev–Trinajstić information content (AvgIpc) is 2.96. The Balaban J connectivity index is 2.31. The summed E-state index contributed by atoms with van der Waals surface area (Å²) < 4.78 is 36.6. The maximum atomic E-state index is 13.1. The average molecular weight is 286 g/mol. The summed E-state index contributed by atoms with van der Waals surface area (Å²) in [5, 5.41) is 10.6. The van der Waals surface area contributed by atoms with Crippen molar-refractivity contribution in [2.24, 2.45) is 0 Å². The van der Waals surface area contributed by atoms with Gasteiger partial charge in [0, 0.05) is 6.07 Å². The van der Waals surface area contributed by atoms with Gasteiger partial charge in [-0.25, -0.2) is 18.3 Å². The maximum Gasteiger partial charge on any atom is 0.361 e. The molecule has 2 rings (SSSR count). The number of rotatable bonds is 5. The zero-order valence-electron chi connectivity index (χ0n) is 10.8. The number of esters is 1. The van der Waals surface area contributed by atoms with Crippen LogP contribution in [0.5, 0.6) is 0 Å². The number of halogens is 2. The minimum Gasteiger partial charge on any atom is -0.461 e. The normalized spacial score (nSPS) is 11.1. The molecule has 0 fully saturated rings. The van der Waals surface area contributed by atoms with Gasteiger partial charge in [-0.15, -0.1) is 5.10 Å². The standard InChI is InChI=1S/C11H12F2N4O3/c1-3-19-11(18)8-9(10(12)13)17(16-14-8)5-7-4-6(2)15-20-7/h4,10H,3,5H2,1-2H3. The molecule has 0 aliphatic heterocycles. The zero-order valence-corrected chi connectivity index (χ0v) is 10.8. The van der Waals surface area contributed by atoms with Gasteiger partial charge in [0.25, 0.3) is 6.43 Å². The molecule has 0 bridgehead atoms. The Morgan fingerprint density at radius 2 is 2.30 bits per heavy atom. The van der Waals surface area contributed by atoms with E-state index in [2.05, 4.69) is 20.2 Å². The molecule has 20 heavy (non-hydrogen) atoms. The number of aromatic nitrogens is 4. The van der Waals surface area contributed by atoms with Crippen molar-refractivity contribution in [2.75, 3.05) is 6.61 Å². The van der Waals surface area contributed by atoms with Crippen LogP contribution < -0.4 is 0 Å². The molecular formula is C11H12F2N4O3. The Hall–Kier alpha value is -2.32. The second-order valence-electron chi connectivity index (χ2n) is 3.94. The minimum atomic E-state index is -2.91. The summed E-state index contributed by atoms with van der Waals surface area (Å²) in [5.41, 5.74) is -0.472. The Bertz CT molecular complexity index is 609. The van der Waals surface area contributed by atoms with E-state index in [0.29, 0.717) is 11.5 Å². The number of aryl methyl sites for hydroxylation is 1. The van der Waals surface area contributed by atoms with Crippen molar-refractivity contribution in [3.63, 3.8) is 0 Å². The number of alkyl halides is 2. The van der Waals surface area contributed by atoms with Gasteiger partial charge in [0.15, 0.2) is 11.5 Å². The highest BCUT2D eigenvalue weighted by molar-refractivity contribution is 5.88. The highest BCUT2D eigenvalue weighted by Gasteiger charge is 2.28. The first-order valence-corrected chi connectivity index (χ1v) is 5.83. The quantitative estimate of drug-likeness (QED) is 0.778. The molecule has 0 aromatic carbocycles. The van der Waals surface area contributed by atoms with E-state index in [9.17, 15) is 13.6 Å². The Labute approximate surface area is 112 Å². The van der Waals surface area contributed by atoms with E-state index in [1.807, 2.05) is 0 Å². The molecule has 0 aliphatic rings. The fourth-order valence-corrected chi connectivity index (χ4v) is 1.64. The Morgan fingerprint density at radius 1 is 1.55 bits per heavy atom. The van der Waals surface area contributed by atoms with Gasteiger partial charge in [0.1, 0.15) is 12.2 Å². The Morgan fingerprint density at radius 3 is 2.85 bits per heavy atom. The molecule has 0 atom stereocenters. The summed E-state index contributed by atoms with van der Waals surface area (Å²) in [6, 6.07) is 1.58. The molecule has 0 spiro atoms. The van der Waals surface area contributed by atoms with Gasteiger partial charge < -0.3 is 9.26 Å². The van der Waals surface area contributed by atoms with Crippen molar-refractivity contribution in [3.8, 4) is 0 Å². The predicted molar refractivity (Wildman–Crippen MR) is 61.3 cm³/mol. The summed E-state index contributed by atoms with van der Waals surface area (Å²) >= 11 is 0. The molecule has 0 N–H and O–H groups in total. The lowest BCUT2D eigenvalue weighted by molar-refractivity contribution is 0.0506. The molecule has 2 aromatic heterocycles. The van der Waals surface area contributed by atoms with E-state index >= 15 is 0 Å². The van der Waals surface area contributed by atoms with Crippen molar-refractivity contribution in [1.82, 2.24) is 20.2 Å². The number of ether oxygens (including phenoxy) is 1. The molecule has 0 aliphatic carbocycles. The summed E-state index contributed by atoms with van der Waals surface area (Å²) in [6.45, 7) is 3.25.